The van der Waals surface area contributed by atoms with Crippen molar-refractivity contribution in [2.45, 2.75) is 37.7 Å². The number of benzene rings is 1. The van der Waals surface area contributed by atoms with E-state index in [0.29, 0.717) is 36.2 Å². The lowest BCUT2D eigenvalue weighted by atomic mass is 9.91. The van der Waals surface area contributed by atoms with Gasteiger partial charge >= 0.3 is 5.76 Å². The maximum absolute atomic E-state index is 14.2. The number of oxazole rings is 1. The lowest BCUT2D eigenvalue weighted by Crippen LogP contribution is -2.31. The Bertz CT molecular complexity index is 1630. The molecule has 1 aliphatic heterocycles. The van der Waals surface area contributed by atoms with Crippen molar-refractivity contribution in [3.8, 4) is 0 Å². The molecular weight excluding hydrogens is 567 g/mol. The number of amides is 1. The Hall–Kier alpha value is -3.50. The van der Waals surface area contributed by atoms with Crippen LogP contribution < -0.4 is 5.76 Å². The minimum absolute atomic E-state index is 0.0319. The molecule has 0 saturated carbocycles. The van der Waals surface area contributed by atoms with E-state index in [2.05, 4.69) is 40.0 Å². The van der Waals surface area contributed by atoms with Crippen molar-refractivity contribution in [3.63, 3.8) is 0 Å². The van der Waals surface area contributed by atoms with Crippen LogP contribution in [0, 0.1) is 11.8 Å². The smallest absolute Gasteiger partial charge is 0.408 e. The van der Waals surface area contributed by atoms with Crippen molar-refractivity contribution in [1.82, 2.24) is 19.7 Å². The third-order valence-electron chi connectivity index (χ3n) is 7.50. The van der Waals surface area contributed by atoms with E-state index in [-0.39, 0.29) is 35.0 Å². The number of carbonyl (C=O) groups excluding carboxylic acids is 1. The van der Waals surface area contributed by atoms with Gasteiger partial charge in [0.05, 0.1) is 16.9 Å². The van der Waals surface area contributed by atoms with Crippen molar-refractivity contribution in [1.29, 1.82) is 0 Å². The number of H-pyrrole nitrogens is 1. The zero-order valence-electron chi connectivity index (χ0n) is 21.6. The molecule has 0 bridgehead atoms. The molecule has 1 saturated heterocycles. The first-order chi connectivity index (χ1) is 18.8. The van der Waals surface area contributed by atoms with Gasteiger partial charge in [-0.1, -0.05) is 54.1 Å². The van der Waals surface area contributed by atoms with E-state index in [1.54, 1.807) is 17.0 Å². The average molecular weight is 595 g/mol. The second-order valence-corrected chi connectivity index (χ2v) is 11.4. The van der Waals surface area contributed by atoms with Crippen LogP contribution in [-0.2, 0) is 16.0 Å². The third-order valence-corrected chi connectivity index (χ3v) is 8.64. The minimum Gasteiger partial charge on any atom is -0.408 e. The van der Waals surface area contributed by atoms with E-state index in [0.717, 1.165) is 22.4 Å². The predicted octanol–water partition coefficient (Wildman–Crippen LogP) is 5.50. The first-order valence-electron chi connectivity index (χ1n) is 13.0. The van der Waals surface area contributed by atoms with E-state index in [4.69, 9.17) is 14.3 Å². The molecule has 202 valence electrons. The van der Waals surface area contributed by atoms with E-state index >= 15 is 0 Å². The van der Waals surface area contributed by atoms with Gasteiger partial charge in [-0.25, -0.2) is 13.9 Å². The van der Waals surface area contributed by atoms with E-state index in [1.165, 1.54) is 6.08 Å². The summed E-state index contributed by atoms with van der Waals surface area (Å²) >= 11 is 3.67. The van der Waals surface area contributed by atoms with Gasteiger partial charge in [-0.15, -0.1) is 0 Å². The molecule has 3 aromatic rings. The van der Waals surface area contributed by atoms with Gasteiger partial charge in [-0.2, -0.15) is 5.10 Å². The molecule has 8 nitrogen and oxygen atoms in total. The minimum atomic E-state index is -0.628. The summed E-state index contributed by atoms with van der Waals surface area (Å²) in [6.07, 6.45) is 11.9. The second-order valence-electron chi connectivity index (χ2n) is 10.3. The molecule has 39 heavy (non-hydrogen) atoms. The van der Waals surface area contributed by atoms with Crippen LogP contribution in [0.2, 0.25) is 0 Å². The molecular formula is C29H28BrFN4O4. The molecule has 1 aromatic carbocycles. The number of carbonyl (C=O) groups is 1. The number of halogens is 2. The van der Waals surface area contributed by atoms with Gasteiger partial charge in [0, 0.05) is 29.1 Å². The summed E-state index contributed by atoms with van der Waals surface area (Å²) in [6.45, 7) is 4.35. The fraction of sp³-hybridized carbons (Fsp3) is 0.345. The molecule has 1 fully saturated rings. The van der Waals surface area contributed by atoms with Gasteiger partial charge in [-0.05, 0) is 54.2 Å². The number of alkyl halides is 1. The van der Waals surface area contributed by atoms with Crippen LogP contribution in [0.25, 0.3) is 22.4 Å². The lowest BCUT2D eigenvalue weighted by molar-refractivity contribution is -0.128. The number of nitrogens with zero attached hydrogens (tertiary/aromatic N) is 3. The summed E-state index contributed by atoms with van der Waals surface area (Å²) in [5.41, 5.74) is 5.34. The van der Waals surface area contributed by atoms with Crippen LogP contribution >= 0.6 is 15.9 Å². The number of aromatic nitrogens is 3. The molecule has 3 heterocycles. The highest BCUT2D eigenvalue weighted by atomic mass is 79.9. The van der Waals surface area contributed by atoms with Crippen molar-refractivity contribution in [2.24, 2.45) is 11.8 Å². The Balaban J connectivity index is 1.33. The molecule has 3 aliphatic rings. The maximum Gasteiger partial charge on any atom is 0.417 e. The molecule has 2 aromatic heterocycles. The number of allylic oxidation sites excluding steroid dienone is 8. The summed E-state index contributed by atoms with van der Waals surface area (Å²) in [5.74, 6) is -0.748. The second kappa shape index (κ2) is 10.2. The molecule has 0 spiro atoms. The Kier molecular flexibility index (Phi) is 6.76. The first-order valence-corrected chi connectivity index (χ1v) is 13.9. The summed E-state index contributed by atoms with van der Waals surface area (Å²) in [4.78, 5) is 29.1. The zero-order valence-corrected chi connectivity index (χ0v) is 23.2. The number of ether oxygens (including phenoxy) is 1. The fourth-order valence-electron chi connectivity index (χ4n) is 5.25. The Labute approximate surface area is 232 Å². The topological polar surface area (TPSA) is 93.4 Å². The molecule has 1 amide bonds. The van der Waals surface area contributed by atoms with Gasteiger partial charge < -0.3 is 14.1 Å². The normalized spacial score (nSPS) is 25.3. The van der Waals surface area contributed by atoms with Gasteiger partial charge in [0.2, 0.25) is 0 Å². The number of nitrogens with one attached hydrogen (secondary N) is 1. The monoisotopic (exact) mass is 594 g/mol. The molecule has 6 rings (SSSR count). The molecule has 4 atom stereocenters. The molecule has 10 heteroatoms. The van der Waals surface area contributed by atoms with Gasteiger partial charge in [0.15, 0.2) is 11.8 Å². The summed E-state index contributed by atoms with van der Waals surface area (Å²) in [6, 6.07) is 5.51. The van der Waals surface area contributed by atoms with Crippen molar-refractivity contribution in [2.75, 3.05) is 13.2 Å². The summed E-state index contributed by atoms with van der Waals surface area (Å²) in [7, 11) is 0. The van der Waals surface area contributed by atoms with Crippen LogP contribution in [0.3, 0.4) is 0 Å². The fourth-order valence-corrected chi connectivity index (χ4v) is 5.55. The third kappa shape index (κ3) is 4.98. The number of rotatable bonds is 6. The molecule has 2 aliphatic carbocycles. The Morgan fingerprint density at radius 1 is 1.23 bits per heavy atom. The first kappa shape index (κ1) is 25.8. The molecule has 0 radical (unpaired) electrons. The molecule has 1 N–H and O–H groups in total. The highest BCUT2D eigenvalue weighted by molar-refractivity contribution is 9.09. The van der Waals surface area contributed by atoms with Crippen LogP contribution in [0.1, 0.15) is 43.3 Å². The van der Waals surface area contributed by atoms with E-state index < -0.39 is 12.0 Å². The lowest BCUT2D eigenvalue weighted by Gasteiger charge is -2.24. The van der Waals surface area contributed by atoms with Crippen molar-refractivity contribution < 1.29 is 18.3 Å². The van der Waals surface area contributed by atoms with Crippen LogP contribution in [0.15, 0.2) is 69.8 Å². The maximum atomic E-state index is 14.2. The number of hydrogen-bond donors (Lipinski definition) is 1. The molecule has 4 unspecified atom stereocenters. The van der Waals surface area contributed by atoms with Crippen LogP contribution in [-0.4, -0.2) is 43.6 Å². The summed E-state index contributed by atoms with van der Waals surface area (Å²) in [5, 5.41) is 4.93. The van der Waals surface area contributed by atoms with Crippen molar-refractivity contribution in [3.05, 3.63) is 88.0 Å². The van der Waals surface area contributed by atoms with Gasteiger partial charge in [0.1, 0.15) is 12.4 Å². The number of fused-ring (bicyclic) bond motifs is 1. The van der Waals surface area contributed by atoms with E-state index in [9.17, 15) is 14.0 Å². The summed E-state index contributed by atoms with van der Waals surface area (Å²) < 4.78 is 27.2. The number of hydrogen-bond acceptors (Lipinski definition) is 5. The highest BCUT2D eigenvalue weighted by Gasteiger charge is 2.37. The van der Waals surface area contributed by atoms with E-state index in [1.807, 2.05) is 36.0 Å². The predicted molar refractivity (Wildman–Crippen MR) is 149 cm³/mol. The average Bonchev–Trinajstić information content (AvgIpc) is 3.61. The Morgan fingerprint density at radius 3 is 2.87 bits per heavy atom. The van der Waals surface area contributed by atoms with Gasteiger partial charge in [-0.3, -0.25) is 9.78 Å². The standard InChI is InChI=1S/C29H28BrFN4O4/c1-16-12-20(5-6-22(16)30)35-14-21(27(33-35)19-4-7-23(31)17(2)11-19)28-34(26(36)15-38-28)10-9-18-3-8-24-25(13-18)39-29(37)32-24/h3-8,12-14,16-17,22,28H,9-11,15H2,1-2H3,(H,32,37). The quantitative estimate of drug-likeness (QED) is 0.380. The van der Waals surface area contributed by atoms with Gasteiger partial charge in [0.25, 0.3) is 5.91 Å². The van der Waals surface area contributed by atoms with Crippen LogP contribution in [0.5, 0.6) is 0 Å². The SMILES string of the molecule is CC1CC(c2nn(C3=CC(C)C(Br)C=C3)cc2C2OCC(=O)N2CCc2ccc3[nH]c(=O)oc3c2)=CC=C1F. The van der Waals surface area contributed by atoms with Crippen molar-refractivity contribution >= 4 is 44.2 Å². The zero-order chi connectivity index (χ0) is 27.3. The Morgan fingerprint density at radius 2 is 2.08 bits per heavy atom. The number of aromatic amines is 1. The largest absolute Gasteiger partial charge is 0.417 e. The highest BCUT2D eigenvalue weighted by Crippen LogP contribution is 2.38. The van der Waals surface area contributed by atoms with Crippen LogP contribution in [0.4, 0.5) is 4.39 Å².